The molecule has 1 aromatic carbocycles. The molecule has 0 aliphatic carbocycles. The molecular formula is C15H16N2O4. The topological polar surface area (TPSA) is 92.3 Å². The Hall–Kier alpha value is -2.63. The van der Waals surface area contributed by atoms with E-state index >= 15 is 0 Å². The lowest BCUT2D eigenvalue weighted by Crippen LogP contribution is -2.13. The number of hydrogen-bond donors (Lipinski definition) is 2. The van der Waals surface area contributed by atoms with Crippen LogP contribution in [0.3, 0.4) is 0 Å². The molecule has 0 radical (unpaired) electrons. The maximum atomic E-state index is 11.6. The Balaban J connectivity index is 2.30. The number of aliphatic carboxylic acids is 1. The van der Waals surface area contributed by atoms with E-state index < -0.39 is 5.97 Å². The van der Waals surface area contributed by atoms with Crippen LogP contribution in [0.1, 0.15) is 19.5 Å². The smallest absolute Gasteiger partial charge is 0.309 e. The summed E-state index contributed by atoms with van der Waals surface area (Å²) in [6.07, 6.45) is -0.210. The van der Waals surface area contributed by atoms with Crippen LogP contribution in [0.5, 0.6) is 5.75 Å². The van der Waals surface area contributed by atoms with Crippen molar-refractivity contribution in [2.45, 2.75) is 26.4 Å². The lowest BCUT2D eigenvalue weighted by Gasteiger charge is -2.10. The molecule has 0 aliphatic heterocycles. The second-order valence-corrected chi connectivity index (χ2v) is 4.85. The van der Waals surface area contributed by atoms with Crippen molar-refractivity contribution in [2.24, 2.45) is 0 Å². The van der Waals surface area contributed by atoms with Crippen LogP contribution in [0.4, 0.5) is 0 Å². The zero-order valence-electron chi connectivity index (χ0n) is 11.8. The third-order valence-electron chi connectivity index (χ3n) is 2.63. The van der Waals surface area contributed by atoms with Gasteiger partial charge in [-0.1, -0.05) is 0 Å². The number of benzene rings is 1. The van der Waals surface area contributed by atoms with Crippen molar-refractivity contribution in [3.05, 3.63) is 46.4 Å². The minimum Gasteiger partial charge on any atom is -0.491 e. The van der Waals surface area contributed by atoms with Gasteiger partial charge in [-0.25, -0.2) is 4.98 Å². The number of hydrogen-bond acceptors (Lipinski definition) is 4. The summed E-state index contributed by atoms with van der Waals surface area (Å²) in [5.41, 5.74) is 0.540. The fourth-order valence-electron chi connectivity index (χ4n) is 1.85. The van der Waals surface area contributed by atoms with Crippen LogP contribution in [0.25, 0.3) is 11.4 Å². The van der Waals surface area contributed by atoms with Crippen molar-refractivity contribution in [1.82, 2.24) is 9.97 Å². The van der Waals surface area contributed by atoms with Gasteiger partial charge in [-0.2, -0.15) is 0 Å². The van der Waals surface area contributed by atoms with Crippen molar-refractivity contribution in [3.63, 3.8) is 0 Å². The van der Waals surface area contributed by atoms with Crippen LogP contribution in [0.2, 0.25) is 0 Å². The number of H-pyrrole nitrogens is 1. The van der Waals surface area contributed by atoms with E-state index in [1.165, 1.54) is 6.07 Å². The van der Waals surface area contributed by atoms with E-state index in [9.17, 15) is 9.59 Å². The molecule has 2 rings (SSSR count). The van der Waals surface area contributed by atoms with Crippen LogP contribution in [-0.2, 0) is 11.2 Å². The van der Waals surface area contributed by atoms with E-state index in [4.69, 9.17) is 9.84 Å². The zero-order chi connectivity index (χ0) is 15.4. The fraction of sp³-hybridized carbons (Fsp3) is 0.267. The molecule has 0 bridgehead atoms. The molecule has 0 atom stereocenters. The van der Waals surface area contributed by atoms with Gasteiger partial charge in [-0.15, -0.1) is 0 Å². The maximum absolute atomic E-state index is 11.6. The summed E-state index contributed by atoms with van der Waals surface area (Å²) in [6, 6.07) is 8.27. The summed E-state index contributed by atoms with van der Waals surface area (Å²) >= 11 is 0. The number of ether oxygens (including phenoxy) is 1. The molecule has 110 valence electrons. The molecule has 6 heteroatoms. The van der Waals surface area contributed by atoms with E-state index in [1.807, 2.05) is 13.8 Å². The highest BCUT2D eigenvalue weighted by molar-refractivity contribution is 5.69. The van der Waals surface area contributed by atoms with Gasteiger partial charge in [0.15, 0.2) is 0 Å². The second-order valence-electron chi connectivity index (χ2n) is 4.85. The molecular weight excluding hydrogens is 272 g/mol. The predicted molar refractivity (Wildman–Crippen MR) is 77.4 cm³/mol. The van der Waals surface area contributed by atoms with Gasteiger partial charge >= 0.3 is 5.97 Å². The van der Waals surface area contributed by atoms with Gasteiger partial charge in [0.25, 0.3) is 5.56 Å². The number of carboxylic acids is 1. The predicted octanol–water partition coefficient (Wildman–Crippen LogP) is 1.85. The monoisotopic (exact) mass is 288 g/mol. The largest absolute Gasteiger partial charge is 0.491 e. The van der Waals surface area contributed by atoms with E-state index in [0.717, 1.165) is 5.75 Å². The Labute approximate surface area is 121 Å². The summed E-state index contributed by atoms with van der Waals surface area (Å²) in [5.74, 6) is 0.0346. The van der Waals surface area contributed by atoms with Crippen molar-refractivity contribution >= 4 is 5.97 Å². The van der Waals surface area contributed by atoms with Crippen molar-refractivity contribution in [1.29, 1.82) is 0 Å². The SMILES string of the molecule is CC(C)Oc1ccc(-c2nc(CC(=O)O)cc(=O)[nH]2)cc1. The number of aromatic amines is 1. The molecule has 2 aromatic rings. The molecule has 1 aromatic heterocycles. The van der Waals surface area contributed by atoms with Gasteiger partial charge in [0, 0.05) is 11.6 Å². The molecule has 6 nitrogen and oxygen atoms in total. The number of rotatable bonds is 5. The second kappa shape index (κ2) is 6.21. The van der Waals surface area contributed by atoms with Crippen LogP contribution < -0.4 is 10.3 Å². The molecule has 0 saturated heterocycles. The highest BCUT2D eigenvalue weighted by Gasteiger charge is 2.08. The zero-order valence-corrected chi connectivity index (χ0v) is 11.8. The number of aromatic nitrogens is 2. The minimum atomic E-state index is -1.03. The quantitative estimate of drug-likeness (QED) is 0.876. The highest BCUT2D eigenvalue weighted by Crippen LogP contribution is 2.19. The first-order valence-electron chi connectivity index (χ1n) is 6.53. The first-order chi connectivity index (χ1) is 9.94. The number of nitrogens with zero attached hydrogens (tertiary/aromatic N) is 1. The average molecular weight is 288 g/mol. The first kappa shape index (κ1) is 14.8. The van der Waals surface area contributed by atoms with E-state index in [0.29, 0.717) is 11.4 Å². The Kier molecular flexibility index (Phi) is 4.37. The molecule has 1 heterocycles. The van der Waals surface area contributed by atoms with Gasteiger partial charge in [-0.3, -0.25) is 9.59 Å². The van der Waals surface area contributed by atoms with Crippen LogP contribution in [-0.4, -0.2) is 27.1 Å². The maximum Gasteiger partial charge on any atom is 0.309 e. The summed E-state index contributed by atoms with van der Waals surface area (Å²) in [6.45, 7) is 3.87. The average Bonchev–Trinajstić information content (AvgIpc) is 2.37. The number of carboxylic acid groups (broad SMARTS) is 1. The molecule has 0 fully saturated rings. The molecule has 0 aliphatic rings. The van der Waals surface area contributed by atoms with Gasteiger partial charge in [0.1, 0.15) is 11.6 Å². The first-order valence-corrected chi connectivity index (χ1v) is 6.53. The third-order valence-corrected chi connectivity index (χ3v) is 2.63. The van der Waals surface area contributed by atoms with E-state index in [1.54, 1.807) is 24.3 Å². The normalized spacial score (nSPS) is 10.6. The lowest BCUT2D eigenvalue weighted by molar-refractivity contribution is -0.136. The van der Waals surface area contributed by atoms with E-state index in [-0.39, 0.29) is 23.8 Å². The molecule has 0 unspecified atom stereocenters. The summed E-state index contributed by atoms with van der Waals surface area (Å²) in [7, 11) is 0. The minimum absolute atomic E-state index is 0.0766. The van der Waals surface area contributed by atoms with Crippen molar-refractivity contribution in [3.8, 4) is 17.1 Å². The van der Waals surface area contributed by atoms with Gasteiger partial charge in [-0.05, 0) is 38.1 Å². The van der Waals surface area contributed by atoms with Gasteiger partial charge in [0.05, 0.1) is 18.2 Å². The molecule has 2 N–H and O–H groups in total. The Bertz CT molecular complexity index is 690. The highest BCUT2D eigenvalue weighted by atomic mass is 16.5. The van der Waals surface area contributed by atoms with Gasteiger partial charge < -0.3 is 14.8 Å². The lowest BCUT2D eigenvalue weighted by atomic mass is 10.2. The molecule has 0 saturated carbocycles. The molecule has 21 heavy (non-hydrogen) atoms. The fourth-order valence-corrected chi connectivity index (χ4v) is 1.85. The van der Waals surface area contributed by atoms with E-state index in [2.05, 4.69) is 9.97 Å². The molecule has 0 amide bonds. The van der Waals surface area contributed by atoms with Crippen LogP contribution in [0.15, 0.2) is 35.1 Å². The molecule has 0 spiro atoms. The van der Waals surface area contributed by atoms with Gasteiger partial charge in [0.2, 0.25) is 0 Å². The van der Waals surface area contributed by atoms with Crippen LogP contribution in [0, 0.1) is 0 Å². The van der Waals surface area contributed by atoms with Crippen LogP contribution >= 0.6 is 0 Å². The number of carbonyl (C=O) groups is 1. The Morgan fingerprint density at radius 2 is 2.00 bits per heavy atom. The Morgan fingerprint density at radius 1 is 1.33 bits per heavy atom. The number of nitrogens with one attached hydrogen (secondary N) is 1. The summed E-state index contributed by atoms with van der Waals surface area (Å²) in [4.78, 5) is 29.0. The Morgan fingerprint density at radius 3 is 2.57 bits per heavy atom. The third kappa shape index (κ3) is 4.17. The van der Waals surface area contributed by atoms with Crippen molar-refractivity contribution in [2.75, 3.05) is 0 Å². The summed E-state index contributed by atoms with van der Waals surface area (Å²) in [5, 5.41) is 8.77. The van der Waals surface area contributed by atoms with Crippen molar-refractivity contribution < 1.29 is 14.6 Å². The summed E-state index contributed by atoms with van der Waals surface area (Å²) < 4.78 is 5.54. The standard InChI is InChI=1S/C15H16N2O4/c1-9(2)21-12-5-3-10(4-6-12)15-16-11(8-14(19)20)7-13(18)17-15/h3-7,9H,8H2,1-2H3,(H,19,20)(H,16,17,18).